The zero-order chi connectivity index (χ0) is 18.3. The summed E-state index contributed by atoms with van der Waals surface area (Å²) >= 11 is 0. The number of carbonyl (C=O) groups excluding carboxylic acids is 1. The number of amides is 1. The lowest BCUT2D eigenvalue weighted by molar-refractivity contribution is -0.385. The summed E-state index contributed by atoms with van der Waals surface area (Å²) in [5, 5.41) is 22.4. The van der Waals surface area contributed by atoms with E-state index in [4.69, 9.17) is 0 Å². The van der Waals surface area contributed by atoms with E-state index in [1.807, 2.05) is 6.92 Å². The highest BCUT2D eigenvalue weighted by atomic mass is 16.6. The van der Waals surface area contributed by atoms with Gasteiger partial charge in [-0.2, -0.15) is 0 Å². The molecular formula is C15H21N3O6. The van der Waals surface area contributed by atoms with Crippen molar-refractivity contribution in [2.24, 2.45) is 0 Å². The minimum atomic E-state index is -1.15. The first-order chi connectivity index (χ1) is 11.3. The largest absolute Gasteiger partial charge is 0.480 e. The number of nitro groups is 1. The first-order valence-corrected chi connectivity index (χ1v) is 7.71. The normalized spacial score (nSPS) is 13.1. The summed E-state index contributed by atoms with van der Waals surface area (Å²) in [5.74, 6) is -1.80. The van der Waals surface area contributed by atoms with Crippen LogP contribution >= 0.6 is 0 Å². The van der Waals surface area contributed by atoms with E-state index in [1.54, 1.807) is 6.92 Å². The summed E-state index contributed by atoms with van der Waals surface area (Å²) in [5.41, 5.74) is -0.885. The van der Waals surface area contributed by atoms with Gasteiger partial charge in [0.1, 0.15) is 12.1 Å². The van der Waals surface area contributed by atoms with E-state index in [1.165, 1.54) is 0 Å². The number of nitrogens with zero attached hydrogens (tertiary/aromatic N) is 2. The van der Waals surface area contributed by atoms with Crippen molar-refractivity contribution in [3.8, 4) is 0 Å². The van der Waals surface area contributed by atoms with Gasteiger partial charge in [0.05, 0.1) is 11.1 Å². The summed E-state index contributed by atoms with van der Waals surface area (Å²) in [4.78, 5) is 45.7. The maximum Gasteiger partial charge on any atom is 0.326 e. The molecule has 1 amide bonds. The van der Waals surface area contributed by atoms with Crippen LogP contribution in [-0.2, 0) is 9.59 Å². The molecule has 2 unspecified atom stereocenters. The molecule has 24 heavy (non-hydrogen) atoms. The molecule has 2 atom stereocenters. The van der Waals surface area contributed by atoms with E-state index in [-0.39, 0.29) is 18.5 Å². The number of aliphatic carboxylic acids is 1. The molecule has 9 nitrogen and oxygen atoms in total. The van der Waals surface area contributed by atoms with Crippen LogP contribution in [0.25, 0.3) is 0 Å². The van der Waals surface area contributed by atoms with Crippen molar-refractivity contribution in [2.75, 3.05) is 0 Å². The maximum atomic E-state index is 12.4. The number of hydrogen-bond acceptors (Lipinski definition) is 5. The molecule has 0 bridgehead atoms. The highest BCUT2D eigenvalue weighted by molar-refractivity contribution is 5.85. The van der Waals surface area contributed by atoms with Gasteiger partial charge >= 0.3 is 5.97 Å². The lowest BCUT2D eigenvalue weighted by Crippen LogP contribution is -2.45. The average molecular weight is 339 g/mol. The number of carboxylic acids is 1. The quantitative estimate of drug-likeness (QED) is 0.517. The van der Waals surface area contributed by atoms with Crippen LogP contribution in [0.4, 0.5) is 5.69 Å². The fraction of sp³-hybridized carbons (Fsp3) is 0.533. The second kappa shape index (κ2) is 8.80. The van der Waals surface area contributed by atoms with Crippen molar-refractivity contribution in [2.45, 2.75) is 51.6 Å². The number of nitrogens with one attached hydrogen (secondary N) is 1. The number of unbranched alkanes of at least 4 members (excludes halogenated alkanes) is 1. The number of carboxylic acid groups (broad SMARTS) is 1. The van der Waals surface area contributed by atoms with Crippen molar-refractivity contribution in [3.05, 3.63) is 38.8 Å². The maximum absolute atomic E-state index is 12.4. The molecule has 1 aromatic rings. The van der Waals surface area contributed by atoms with Crippen LogP contribution in [0.5, 0.6) is 0 Å². The fourth-order valence-corrected chi connectivity index (χ4v) is 2.29. The average Bonchev–Trinajstić information content (AvgIpc) is 2.53. The third-order valence-electron chi connectivity index (χ3n) is 3.62. The van der Waals surface area contributed by atoms with Gasteiger partial charge in [-0.3, -0.25) is 24.3 Å². The van der Waals surface area contributed by atoms with Crippen molar-refractivity contribution in [1.29, 1.82) is 0 Å². The molecule has 0 fully saturated rings. The molecule has 132 valence electrons. The van der Waals surface area contributed by atoms with Crippen LogP contribution < -0.4 is 10.9 Å². The Kier molecular flexibility index (Phi) is 7.09. The molecule has 1 heterocycles. The Morgan fingerprint density at radius 1 is 1.38 bits per heavy atom. The van der Waals surface area contributed by atoms with Crippen LogP contribution in [0.15, 0.2) is 23.1 Å². The Morgan fingerprint density at radius 2 is 2.04 bits per heavy atom. The van der Waals surface area contributed by atoms with Gasteiger partial charge in [0.25, 0.3) is 11.2 Å². The molecule has 0 spiro atoms. The minimum Gasteiger partial charge on any atom is -0.480 e. The van der Waals surface area contributed by atoms with Gasteiger partial charge in [-0.15, -0.1) is 0 Å². The Bertz CT molecular complexity index is 669. The first kappa shape index (κ1) is 19.3. The molecule has 1 rings (SSSR count). The SMILES string of the molecule is CCCCC(NC(=O)C(CC)n1cc([N+](=O)[O-])ccc1=O)C(=O)O. The van der Waals surface area contributed by atoms with E-state index >= 15 is 0 Å². The summed E-state index contributed by atoms with van der Waals surface area (Å²) in [6, 6.07) is 0.00620. The monoisotopic (exact) mass is 339 g/mol. The number of pyridine rings is 1. The van der Waals surface area contributed by atoms with E-state index < -0.39 is 34.4 Å². The molecule has 0 saturated carbocycles. The Morgan fingerprint density at radius 3 is 2.54 bits per heavy atom. The topological polar surface area (TPSA) is 132 Å². The van der Waals surface area contributed by atoms with Gasteiger partial charge in [0, 0.05) is 12.1 Å². The Balaban J connectivity index is 3.06. The van der Waals surface area contributed by atoms with Crippen LogP contribution in [0.2, 0.25) is 0 Å². The van der Waals surface area contributed by atoms with Crippen molar-refractivity contribution in [1.82, 2.24) is 9.88 Å². The van der Waals surface area contributed by atoms with E-state index in [9.17, 15) is 29.6 Å². The number of rotatable bonds is 9. The fourth-order valence-electron chi connectivity index (χ4n) is 2.29. The molecule has 2 N–H and O–H groups in total. The molecule has 0 aliphatic carbocycles. The van der Waals surface area contributed by atoms with Crippen molar-refractivity contribution < 1.29 is 19.6 Å². The van der Waals surface area contributed by atoms with Crippen LogP contribution in [0.3, 0.4) is 0 Å². The van der Waals surface area contributed by atoms with E-state index in [0.29, 0.717) is 6.42 Å². The predicted molar refractivity (Wildman–Crippen MR) is 85.8 cm³/mol. The van der Waals surface area contributed by atoms with Gasteiger partial charge in [0.2, 0.25) is 5.91 Å². The second-order valence-electron chi connectivity index (χ2n) is 5.36. The standard InChI is InChI=1S/C15H21N3O6/c1-3-5-6-11(15(21)22)16-14(20)12(4-2)17-9-10(18(23)24)7-8-13(17)19/h7-9,11-12H,3-6H2,1-2H3,(H,16,20)(H,21,22). The molecule has 0 saturated heterocycles. The highest BCUT2D eigenvalue weighted by Gasteiger charge is 2.26. The summed E-state index contributed by atoms with van der Waals surface area (Å²) in [6.07, 6.45) is 2.87. The lowest BCUT2D eigenvalue weighted by Gasteiger charge is -2.21. The lowest BCUT2D eigenvalue weighted by atomic mass is 10.1. The predicted octanol–water partition coefficient (Wildman–Crippen LogP) is 1.47. The number of hydrogen-bond donors (Lipinski definition) is 2. The molecule has 0 radical (unpaired) electrons. The Hall–Kier alpha value is -2.71. The molecule has 0 aliphatic heterocycles. The third kappa shape index (κ3) is 4.90. The van der Waals surface area contributed by atoms with Crippen LogP contribution in [0.1, 0.15) is 45.6 Å². The number of carbonyl (C=O) groups is 2. The van der Waals surface area contributed by atoms with Crippen molar-refractivity contribution >= 4 is 17.6 Å². The van der Waals surface area contributed by atoms with Gasteiger partial charge in [-0.05, 0) is 12.8 Å². The van der Waals surface area contributed by atoms with Gasteiger partial charge in [0.15, 0.2) is 0 Å². The molecule has 0 aromatic carbocycles. The first-order valence-electron chi connectivity index (χ1n) is 7.71. The van der Waals surface area contributed by atoms with Crippen LogP contribution in [0, 0.1) is 10.1 Å². The molecule has 0 aliphatic rings. The molecular weight excluding hydrogens is 318 g/mol. The van der Waals surface area contributed by atoms with Gasteiger partial charge in [-0.25, -0.2) is 4.79 Å². The zero-order valence-corrected chi connectivity index (χ0v) is 13.6. The van der Waals surface area contributed by atoms with E-state index in [2.05, 4.69) is 5.32 Å². The summed E-state index contributed by atoms with van der Waals surface area (Å²) in [6.45, 7) is 3.54. The highest BCUT2D eigenvalue weighted by Crippen LogP contribution is 2.15. The summed E-state index contributed by atoms with van der Waals surface area (Å²) < 4.78 is 0.964. The smallest absolute Gasteiger partial charge is 0.326 e. The Labute approximate surface area is 138 Å². The van der Waals surface area contributed by atoms with Gasteiger partial charge < -0.3 is 10.4 Å². The number of aromatic nitrogens is 1. The minimum absolute atomic E-state index is 0.188. The third-order valence-corrected chi connectivity index (χ3v) is 3.62. The van der Waals surface area contributed by atoms with Crippen LogP contribution in [-0.4, -0.2) is 32.5 Å². The summed E-state index contributed by atoms with van der Waals surface area (Å²) in [7, 11) is 0. The second-order valence-corrected chi connectivity index (χ2v) is 5.36. The molecule has 9 heteroatoms. The van der Waals surface area contributed by atoms with Crippen molar-refractivity contribution in [3.63, 3.8) is 0 Å². The zero-order valence-electron chi connectivity index (χ0n) is 13.6. The van der Waals surface area contributed by atoms with E-state index in [0.717, 1.165) is 29.3 Å². The molecule has 1 aromatic heterocycles. The van der Waals surface area contributed by atoms with Gasteiger partial charge in [-0.1, -0.05) is 26.7 Å².